The van der Waals surface area contributed by atoms with Gasteiger partial charge in [0, 0.05) is 11.5 Å². The van der Waals surface area contributed by atoms with E-state index in [2.05, 4.69) is 11.8 Å². The summed E-state index contributed by atoms with van der Waals surface area (Å²) >= 11 is 1.92. The molecule has 1 aliphatic heterocycles. The Hall–Kier alpha value is -0.450. The highest BCUT2D eigenvalue weighted by atomic mass is 32.1. The number of piperidine rings is 1. The van der Waals surface area contributed by atoms with E-state index in [0.717, 1.165) is 38.9 Å². The summed E-state index contributed by atoms with van der Waals surface area (Å²) in [7, 11) is 0. The van der Waals surface area contributed by atoms with Crippen LogP contribution in [0.1, 0.15) is 48.2 Å². The minimum atomic E-state index is 0.196. The van der Waals surface area contributed by atoms with Crippen molar-refractivity contribution in [2.75, 3.05) is 19.7 Å². The monoisotopic (exact) mass is 280 g/mol. The van der Waals surface area contributed by atoms with Crippen LogP contribution in [0.4, 0.5) is 0 Å². The first-order valence-corrected chi connectivity index (χ1v) is 8.37. The summed E-state index contributed by atoms with van der Waals surface area (Å²) in [4.78, 5) is 8.83. The third kappa shape index (κ3) is 2.71. The highest BCUT2D eigenvalue weighted by Crippen LogP contribution is 2.35. The van der Waals surface area contributed by atoms with Crippen molar-refractivity contribution in [3.8, 4) is 0 Å². The fraction of sp³-hybridized carbons (Fsp3) is 0.800. The number of aryl methyl sites for hydroxylation is 2. The molecule has 0 unspecified atom stereocenters. The molecule has 1 fully saturated rings. The number of rotatable bonds is 4. The molecule has 1 N–H and O–H groups in total. The van der Waals surface area contributed by atoms with Gasteiger partial charge in [0.2, 0.25) is 0 Å². The topological polar surface area (TPSA) is 36.4 Å². The van der Waals surface area contributed by atoms with E-state index in [1.165, 1.54) is 34.8 Å². The maximum atomic E-state index is 9.57. The Morgan fingerprint density at radius 3 is 2.74 bits per heavy atom. The van der Waals surface area contributed by atoms with Crippen LogP contribution in [0.25, 0.3) is 0 Å². The van der Waals surface area contributed by atoms with Crippen LogP contribution in [0.5, 0.6) is 0 Å². The van der Waals surface area contributed by atoms with Gasteiger partial charge in [-0.1, -0.05) is 6.92 Å². The van der Waals surface area contributed by atoms with Crippen LogP contribution in [-0.2, 0) is 19.4 Å². The van der Waals surface area contributed by atoms with Crippen molar-refractivity contribution in [2.45, 2.75) is 52.0 Å². The summed E-state index contributed by atoms with van der Waals surface area (Å²) < 4.78 is 0. The lowest BCUT2D eigenvalue weighted by atomic mass is 9.77. The molecular formula is C15H24N2OS. The van der Waals surface area contributed by atoms with Crippen LogP contribution >= 0.6 is 11.3 Å². The molecule has 1 aromatic rings. The van der Waals surface area contributed by atoms with Crippen LogP contribution < -0.4 is 0 Å². The lowest BCUT2D eigenvalue weighted by molar-refractivity contribution is 0.0382. The van der Waals surface area contributed by atoms with E-state index >= 15 is 0 Å². The number of hydrogen-bond donors (Lipinski definition) is 1. The van der Waals surface area contributed by atoms with Crippen LogP contribution in [-0.4, -0.2) is 34.7 Å². The van der Waals surface area contributed by atoms with Crippen LogP contribution in [0, 0.1) is 5.41 Å². The first-order chi connectivity index (χ1) is 9.24. The van der Waals surface area contributed by atoms with Gasteiger partial charge in [0.15, 0.2) is 0 Å². The predicted octanol–water partition coefficient (Wildman–Crippen LogP) is 2.62. The number of nitrogens with zero attached hydrogens (tertiary/aromatic N) is 2. The van der Waals surface area contributed by atoms with Crippen molar-refractivity contribution < 1.29 is 5.11 Å². The summed E-state index contributed by atoms with van der Waals surface area (Å²) in [6, 6.07) is 0. The number of aliphatic hydroxyl groups excluding tert-OH is 1. The summed E-state index contributed by atoms with van der Waals surface area (Å²) in [5, 5.41) is 10.9. The SMILES string of the molecule is CCC1(CO)CCN(Cc2nc3c(s2)CCC3)CC1. The number of aliphatic hydroxyl groups is 1. The van der Waals surface area contributed by atoms with Crippen LogP contribution in [0.3, 0.4) is 0 Å². The molecule has 0 atom stereocenters. The van der Waals surface area contributed by atoms with Crippen molar-refractivity contribution >= 4 is 11.3 Å². The zero-order valence-electron chi connectivity index (χ0n) is 11.8. The van der Waals surface area contributed by atoms with Crippen LogP contribution in [0.15, 0.2) is 0 Å². The maximum absolute atomic E-state index is 9.57. The van der Waals surface area contributed by atoms with Gasteiger partial charge in [0.1, 0.15) is 5.01 Å². The molecule has 2 heterocycles. The van der Waals surface area contributed by atoms with Gasteiger partial charge in [0.05, 0.1) is 12.2 Å². The number of thiazole rings is 1. The van der Waals surface area contributed by atoms with Crippen molar-refractivity contribution in [2.24, 2.45) is 5.41 Å². The Balaban J connectivity index is 1.57. The standard InChI is InChI=1S/C15H24N2OS/c1-2-15(11-18)6-8-17(9-7-15)10-14-16-12-4-3-5-13(12)19-14/h18H,2-11H2,1H3. The lowest BCUT2D eigenvalue weighted by Gasteiger charge is -2.39. The second-order valence-electron chi connectivity index (χ2n) is 6.12. The van der Waals surface area contributed by atoms with Gasteiger partial charge in [-0.25, -0.2) is 4.98 Å². The Kier molecular flexibility index (Phi) is 3.92. The smallest absolute Gasteiger partial charge is 0.107 e. The number of aromatic nitrogens is 1. The second-order valence-corrected chi connectivity index (χ2v) is 7.29. The Morgan fingerprint density at radius 2 is 2.11 bits per heavy atom. The Labute approximate surface area is 119 Å². The fourth-order valence-electron chi connectivity index (χ4n) is 3.31. The number of hydrogen-bond acceptors (Lipinski definition) is 4. The van der Waals surface area contributed by atoms with Crippen molar-refractivity contribution in [1.29, 1.82) is 0 Å². The summed E-state index contributed by atoms with van der Waals surface area (Å²) in [6.07, 6.45) is 7.10. The Bertz CT molecular complexity index is 408. The largest absolute Gasteiger partial charge is 0.396 e. The third-order valence-electron chi connectivity index (χ3n) is 5.00. The highest BCUT2D eigenvalue weighted by Gasteiger charge is 2.32. The lowest BCUT2D eigenvalue weighted by Crippen LogP contribution is -2.41. The molecule has 0 aromatic carbocycles. The van der Waals surface area contributed by atoms with Crippen molar-refractivity contribution in [3.05, 3.63) is 15.6 Å². The van der Waals surface area contributed by atoms with Gasteiger partial charge in [0.25, 0.3) is 0 Å². The average Bonchev–Trinajstić information content (AvgIpc) is 3.01. The van der Waals surface area contributed by atoms with Gasteiger partial charge < -0.3 is 5.11 Å². The normalized spacial score (nSPS) is 22.6. The highest BCUT2D eigenvalue weighted by molar-refractivity contribution is 7.11. The molecule has 0 amide bonds. The minimum absolute atomic E-state index is 0.196. The first-order valence-electron chi connectivity index (χ1n) is 7.55. The van der Waals surface area contributed by atoms with E-state index in [0.29, 0.717) is 6.61 Å². The van der Waals surface area contributed by atoms with E-state index in [-0.39, 0.29) is 5.41 Å². The minimum Gasteiger partial charge on any atom is -0.396 e. The molecule has 3 rings (SSSR count). The van der Waals surface area contributed by atoms with Crippen molar-refractivity contribution in [1.82, 2.24) is 9.88 Å². The maximum Gasteiger partial charge on any atom is 0.107 e. The molecule has 4 heteroatoms. The van der Waals surface area contributed by atoms with E-state index in [1.807, 2.05) is 11.3 Å². The summed E-state index contributed by atoms with van der Waals surface area (Å²) in [5.41, 5.74) is 1.57. The zero-order valence-corrected chi connectivity index (χ0v) is 12.6. The van der Waals surface area contributed by atoms with E-state index in [9.17, 15) is 5.11 Å². The summed E-state index contributed by atoms with van der Waals surface area (Å²) in [6.45, 7) is 5.79. The zero-order chi connectivity index (χ0) is 13.3. The molecule has 0 bridgehead atoms. The quantitative estimate of drug-likeness (QED) is 0.921. The van der Waals surface area contributed by atoms with E-state index in [1.54, 1.807) is 0 Å². The fourth-order valence-corrected chi connectivity index (χ4v) is 4.51. The van der Waals surface area contributed by atoms with Gasteiger partial charge in [-0.05, 0) is 57.0 Å². The van der Waals surface area contributed by atoms with E-state index < -0.39 is 0 Å². The molecule has 0 saturated carbocycles. The molecular weight excluding hydrogens is 256 g/mol. The van der Waals surface area contributed by atoms with E-state index in [4.69, 9.17) is 4.98 Å². The molecule has 1 aliphatic carbocycles. The van der Waals surface area contributed by atoms with Crippen molar-refractivity contribution in [3.63, 3.8) is 0 Å². The molecule has 19 heavy (non-hydrogen) atoms. The van der Waals surface area contributed by atoms with Gasteiger partial charge in [-0.3, -0.25) is 4.90 Å². The average molecular weight is 280 g/mol. The molecule has 106 valence electrons. The molecule has 2 aliphatic rings. The first kappa shape index (κ1) is 13.5. The van der Waals surface area contributed by atoms with Gasteiger partial charge >= 0.3 is 0 Å². The predicted molar refractivity (Wildman–Crippen MR) is 78.5 cm³/mol. The molecule has 1 saturated heterocycles. The van der Waals surface area contributed by atoms with Gasteiger partial charge in [-0.15, -0.1) is 11.3 Å². The molecule has 0 spiro atoms. The number of fused-ring (bicyclic) bond motifs is 1. The summed E-state index contributed by atoms with van der Waals surface area (Å²) in [5.74, 6) is 0. The van der Waals surface area contributed by atoms with Crippen LogP contribution in [0.2, 0.25) is 0 Å². The van der Waals surface area contributed by atoms with Gasteiger partial charge in [-0.2, -0.15) is 0 Å². The molecule has 1 aromatic heterocycles. The molecule has 0 radical (unpaired) electrons. The molecule has 3 nitrogen and oxygen atoms in total. The number of likely N-dealkylation sites (tertiary alicyclic amines) is 1. The second kappa shape index (κ2) is 5.51. The Morgan fingerprint density at radius 1 is 1.32 bits per heavy atom. The third-order valence-corrected chi connectivity index (χ3v) is 6.14.